The Morgan fingerprint density at radius 1 is 1.24 bits per heavy atom. The Bertz CT molecular complexity index is 999. The average Bonchev–Trinajstić information content (AvgIpc) is 3.46. The molecule has 1 fully saturated rings. The van der Waals surface area contributed by atoms with Gasteiger partial charge in [0.2, 0.25) is 11.7 Å². The molecule has 150 valence electrons. The van der Waals surface area contributed by atoms with E-state index in [1.165, 1.54) is 12.1 Å². The van der Waals surface area contributed by atoms with Crippen LogP contribution in [0.15, 0.2) is 53.1 Å². The molecular formula is C22H22FN3O3. The smallest absolute Gasteiger partial charge is 0.251 e. The first-order valence-corrected chi connectivity index (χ1v) is 9.58. The quantitative estimate of drug-likeness (QED) is 0.647. The molecule has 2 atom stereocenters. The predicted molar refractivity (Wildman–Crippen MR) is 105 cm³/mol. The number of hydrogen-bond acceptors (Lipinski definition) is 5. The van der Waals surface area contributed by atoms with E-state index in [1.54, 1.807) is 37.4 Å². The average molecular weight is 395 g/mol. The highest BCUT2D eigenvalue weighted by Gasteiger charge is 2.30. The van der Waals surface area contributed by atoms with Gasteiger partial charge in [0, 0.05) is 24.2 Å². The number of benzene rings is 2. The summed E-state index contributed by atoms with van der Waals surface area (Å²) in [6, 6.07) is 12.8. The highest BCUT2D eigenvalue weighted by atomic mass is 19.1. The number of nitrogens with one attached hydrogen (secondary N) is 1. The van der Waals surface area contributed by atoms with Gasteiger partial charge >= 0.3 is 0 Å². The second kappa shape index (κ2) is 8.13. The first-order chi connectivity index (χ1) is 14.0. The molecular weight excluding hydrogens is 373 g/mol. The van der Waals surface area contributed by atoms with Crippen molar-refractivity contribution in [2.45, 2.75) is 37.8 Å². The molecule has 7 heteroatoms. The Morgan fingerprint density at radius 2 is 2.00 bits per heavy atom. The SMILES string of the molecule is CO[C@@H](c1ccc(F)cc1)[C@@H](C)NC(=O)c1cccc(-c2noc(C3CC3)n2)c1. The maximum Gasteiger partial charge on any atom is 0.251 e. The summed E-state index contributed by atoms with van der Waals surface area (Å²) in [7, 11) is 1.56. The van der Waals surface area contributed by atoms with Crippen molar-refractivity contribution in [3.63, 3.8) is 0 Å². The number of methoxy groups -OCH3 is 1. The Labute approximate surface area is 168 Å². The van der Waals surface area contributed by atoms with E-state index in [0.717, 1.165) is 24.0 Å². The lowest BCUT2D eigenvalue weighted by atomic mass is 10.0. The first-order valence-electron chi connectivity index (χ1n) is 9.58. The second-order valence-electron chi connectivity index (χ2n) is 7.28. The molecule has 1 saturated carbocycles. The van der Waals surface area contributed by atoms with Gasteiger partial charge in [-0.05, 0) is 49.6 Å². The van der Waals surface area contributed by atoms with Crippen LogP contribution in [0, 0.1) is 5.82 Å². The van der Waals surface area contributed by atoms with Crippen molar-refractivity contribution in [2.24, 2.45) is 0 Å². The highest BCUT2D eigenvalue weighted by molar-refractivity contribution is 5.95. The van der Waals surface area contributed by atoms with Crippen molar-refractivity contribution in [2.75, 3.05) is 7.11 Å². The van der Waals surface area contributed by atoms with Crippen LogP contribution in [0.2, 0.25) is 0 Å². The van der Waals surface area contributed by atoms with Gasteiger partial charge in [-0.15, -0.1) is 0 Å². The third-order valence-corrected chi connectivity index (χ3v) is 5.02. The molecule has 1 amide bonds. The van der Waals surface area contributed by atoms with Crippen LogP contribution in [0.1, 0.15) is 53.6 Å². The van der Waals surface area contributed by atoms with Gasteiger partial charge in [-0.1, -0.05) is 29.4 Å². The summed E-state index contributed by atoms with van der Waals surface area (Å²) in [6.45, 7) is 1.85. The lowest BCUT2D eigenvalue weighted by molar-refractivity contribution is 0.0644. The van der Waals surface area contributed by atoms with Crippen molar-refractivity contribution in [1.82, 2.24) is 15.5 Å². The number of amides is 1. The van der Waals surface area contributed by atoms with E-state index >= 15 is 0 Å². The van der Waals surface area contributed by atoms with Gasteiger partial charge < -0.3 is 14.6 Å². The largest absolute Gasteiger partial charge is 0.375 e. The van der Waals surface area contributed by atoms with E-state index in [1.807, 2.05) is 13.0 Å². The van der Waals surface area contributed by atoms with Crippen molar-refractivity contribution >= 4 is 5.91 Å². The number of carbonyl (C=O) groups excluding carboxylic acids is 1. The fourth-order valence-electron chi connectivity index (χ4n) is 3.30. The van der Waals surface area contributed by atoms with Crippen LogP contribution < -0.4 is 5.32 Å². The maximum atomic E-state index is 13.2. The van der Waals surface area contributed by atoms with Crippen LogP contribution >= 0.6 is 0 Å². The Morgan fingerprint density at radius 3 is 2.69 bits per heavy atom. The molecule has 1 aliphatic rings. The molecule has 2 aromatic carbocycles. The number of nitrogens with zero attached hydrogens (tertiary/aromatic N) is 2. The number of carbonyl (C=O) groups is 1. The molecule has 0 aliphatic heterocycles. The summed E-state index contributed by atoms with van der Waals surface area (Å²) in [5.41, 5.74) is 2.00. The maximum absolute atomic E-state index is 13.2. The third kappa shape index (κ3) is 4.35. The van der Waals surface area contributed by atoms with E-state index in [4.69, 9.17) is 9.26 Å². The molecule has 0 spiro atoms. The summed E-state index contributed by atoms with van der Waals surface area (Å²) in [5.74, 6) is 0.959. The van der Waals surface area contributed by atoms with Crippen molar-refractivity contribution < 1.29 is 18.4 Å². The number of halogens is 1. The van der Waals surface area contributed by atoms with E-state index < -0.39 is 6.10 Å². The topological polar surface area (TPSA) is 77.2 Å². The van der Waals surface area contributed by atoms with Crippen LogP contribution in [-0.2, 0) is 4.74 Å². The van der Waals surface area contributed by atoms with Crippen LogP contribution in [0.5, 0.6) is 0 Å². The summed E-state index contributed by atoms with van der Waals surface area (Å²) in [4.78, 5) is 17.2. The van der Waals surface area contributed by atoms with Crippen LogP contribution in [-0.4, -0.2) is 29.2 Å². The number of hydrogen-bond donors (Lipinski definition) is 1. The lowest BCUT2D eigenvalue weighted by Crippen LogP contribution is -2.37. The molecule has 1 aromatic heterocycles. The summed E-state index contributed by atoms with van der Waals surface area (Å²) >= 11 is 0. The van der Waals surface area contributed by atoms with Crippen LogP contribution in [0.4, 0.5) is 4.39 Å². The zero-order valence-electron chi connectivity index (χ0n) is 16.3. The summed E-state index contributed by atoms with van der Waals surface area (Å²) in [5, 5.41) is 6.98. The fraction of sp³-hybridized carbons (Fsp3) is 0.318. The van der Waals surface area contributed by atoms with Gasteiger partial charge in [-0.2, -0.15) is 4.98 Å². The fourth-order valence-corrected chi connectivity index (χ4v) is 3.30. The lowest BCUT2D eigenvalue weighted by Gasteiger charge is -2.24. The summed E-state index contributed by atoms with van der Waals surface area (Å²) < 4.78 is 24.0. The van der Waals surface area contributed by atoms with Gasteiger partial charge in [0.05, 0.1) is 6.04 Å². The van der Waals surface area contributed by atoms with E-state index in [0.29, 0.717) is 23.2 Å². The molecule has 1 heterocycles. The van der Waals surface area contributed by atoms with Gasteiger partial charge in [-0.3, -0.25) is 4.79 Å². The minimum absolute atomic E-state index is 0.241. The molecule has 0 radical (unpaired) electrons. The Kier molecular flexibility index (Phi) is 5.40. The van der Waals surface area contributed by atoms with Crippen molar-refractivity contribution in [1.29, 1.82) is 0 Å². The van der Waals surface area contributed by atoms with Crippen molar-refractivity contribution in [3.8, 4) is 11.4 Å². The van der Waals surface area contributed by atoms with E-state index in [9.17, 15) is 9.18 Å². The third-order valence-electron chi connectivity index (χ3n) is 5.02. The minimum Gasteiger partial charge on any atom is -0.375 e. The Balaban J connectivity index is 1.47. The molecule has 0 unspecified atom stereocenters. The summed E-state index contributed by atoms with van der Waals surface area (Å²) in [6.07, 6.45) is 1.76. The molecule has 1 N–H and O–H groups in total. The minimum atomic E-state index is -0.402. The number of ether oxygens (including phenoxy) is 1. The molecule has 29 heavy (non-hydrogen) atoms. The van der Waals surface area contributed by atoms with E-state index in [-0.39, 0.29) is 17.8 Å². The molecule has 4 rings (SSSR count). The van der Waals surface area contributed by atoms with Crippen molar-refractivity contribution in [3.05, 3.63) is 71.4 Å². The monoisotopic (exact) mass is 395 g/mol. The van der Waals surface area contributed by atoms with Crippen LogP contribution in [0.25, 0.3) is 11.4 Å². The second-order valence-corrected chi connectivity index (χ2v) is 7.28. The predicted octanol–water partition coefficient (Wildman–Crippen LogP) is 4.26. The zero-order chi connectivity index (χ0) is 20.4. The molecule has 0 bridgehead atoms. The molecule has 1 aliphatic carbocycles. The number of aromatic nitrogens is 2. The normalized spacial score (nSPS) is 15.7. The van der Waals surface area contributed by atoms with Gasteiger partial charge in [0.25, 0.3) is 5.91 Å². The number of rotatable bonds is 7. The van der Waals surface area contributed by atoms with Crippen LogP contribution in [0.3, 0.4) is 0 Å². The van der Waals surface area contributed by atoms with Gasteiger partial charge in [0.15, 0.2) is 0 Å². The molecule has 0 saturated heterocycles. The highest BCUT2D eigenvalue weighted by Crippen LogP contribution is 2.39. The van der Waals surface area contributed by atoms with Gasteiger partial charge in [0.1, 0.15) is 11.9 Å². The molecule has 3 aromatic rings. The van der Waals surface area contributed by atoms with E-state index in [2.05, 4.69) is 15.5 Å². The van der Waals surface area contributed by atoms with Gasteiger partial charge in [-0.25, -0.2) is 4.39 Å². The zero-order valence-corrected chi connectivity index (χ0v) is 16.3. The first kappa shape index (κ1) is 19.3. The molecule has 6 nitrogen and oxygen atoms in total. The Hall–Kier alpha value is -3.06. The standard InChI is InChI=1S/C22H22FN3O3/c1-13(19(28-2)14-8-10-18(23)11-9-14)24-21(27)17-5-3-4-16(12-17)20-25-22(29-26-20)15-6-7-15/h3-5,8-13,15,19H,6-7H2,1-2H3,(H,24,27)/t13-,19-/m1/s1.